The molecule has 204 valence electrons. The topological polar surface area (TPSA) is 163 Å². The van der Waals surface area contributed by atoms with E-state index in [1.165, 1.54) is 41.3 Å². The molecule has 2 aromatic carbocycles. The normalized spacial score (nSPS) is 12.3. The number of primary amides is 1. The van der Waals surface area contributed by atoms with Crippen LogP contribution in [-0.2, 0) is 17.9 Å². The first-order valence-electron chi connectivity index (χ1n) is 11.2. The largest absolute Gasteiger partial charge is 0.416 e. The van der Waals surface area contributed by atoms with E-state index in [1.54, 1.807) is 18.2 Å². The average Bonchev–Trinajstić information content (AvgIpc) is 3.47. The number of rotatable bonds is 9. The lowest BCUT2D eigenvalue weighted by atomic mass is 10.1. The van der Waals surface area contributed by atoms with E-state index in [1.807, 2.05) is 0 Å². The number of carbonyl (C=O) groups excluding carboxylic acids is 2. The van der Waals surface area contributed by atoms with Crippen molar-refractivity contribution in [3.05, 3.63) is 81.8 Å². The number of alkyl halides is 3. The van der Waals surface area contributed by atoms with Gasteiger partial charge in [-0.15, -0.1) is 10.2 Å². The number of aliphatic hydroxyl groups excluding tert-OH is 1. The summed E-state index contributed by atoms with van der Waals surface area (Å²) in [6.45, 7) is -1.80. The molecule has 12 nitrogen and oxygen atoms in total. The van der Waals surface area contributed by atoms with E-state index in [4.69, 9.17) is 17.3 Å². The number of nitrogens with two attached hydrogens (primary N) is 1. The summed E-state index contributed by atoms with van der Waals surface area (Å²) < 4.78 is 42.0. The van der Waals surface area contributed by atoms with Gasteiger partial charge in [0.25, 0.3) is 5.91 Å². The lowest BCUT2D eigenvalue weighted by molar-refractivity contribution is -0.207. The lowest BCUT2D eigenvalue weighted by Crippen LogP contribution is -2.37. The standard InChI is InChI=1S/C23H20ClF3N8O4/c24-14-7-5-13(6-8-14)20-32-34(22(39)33(20)10-17(36)23(25,26)27)11-19-30-12-35(31-19)16-4-2-1-3-15(16)21(38)29-9-18(28)37/h1-8,12,17,36H,9-11H2,(H2,28,37)(H,29,38)/t17-/m0/s1. The van der Waals surface area contributed by atoms with Crippen LogP contribution in [0.1, 0.15) is 16.2 Å². The number of aliphatic hydroxyl groups is 1. The van der Waals surface area contributed by atoms with Gasteiger partial charge in [-0.2, -0.15) is 13.2 Å². The molecule has 39 heavy (non-hydrogen) atoms. The molecule has 4 aromatic rings. The van der Waals surface area contributed by atoms with E-state index in [2.05, 4.69) is 20.5 Å². The number of hydrogen-bond acceptors (Lipinski definition) is 7. The van der Waals surface area contributed by atoms with Crippen LogP contribution in [0.15, 0.2) is 59.7 Å². The lowest BCUT2D eigenvalue weighted by Gasteiger charge is -2.15. The zero-order valence-electron chi connectivity index (χ0n) is 19.8. The molecular formula is C23H20ClF3N8O4. The zero-order chi connectivity index (χ0) is 28.3. The Morgan fingerprint density at radius 2 is 1.79 bits per heavy atom. The molecule has 0 radical (unpaired) electrons. The fourth-order valence-corrected chi connectivity index (χ4v) is 3.67. The third kappa shape index (κ3) is 6.32. The molecule has 2 amide bonds. The van der Waals surface area contributed by atoms with E-state index in [9.17, 15) is 32.7 Å². The third-order valence-electron chi connectivity index (χ3n) is 5.41. The molecule has 0 saturated heterocycles. The molecule has 4 N–H and O–H groups in total. The van der Waals surface area contributed by atoms with Gasteiger partial charge in [0.15, 0.2) is 17.8 Å². The number of para-hydroxylation sites is 1. The highest BCUT2D eigenvalue weighted by molar-refractivity contribution is 6.30. The molecule has 2 aromatic heterocycles. The highest BCUT2D eigenvalue weighted by Crippen LogP contribution is 2.24. The van der Waals surface area contributed by atoms with Crippen LogP contribution < -0.4 is 16.7 Å². The van der Waals surface area contributed by atoms with E-state index < -0.39 is 36.3 Å². The summed E-state index contributed by atoms with van der Waals surface area (Å²) in [5.41, 5.74) is 4.87. The predicted octanol–water partition coefficient (Wildman–Crippen LogP) is 1.13. The van der Waals surface area contributed by atoms with Crippen molar-refractivity contribution in [2.24, 2.45) is 5.73 Å². The summed E-state index contributed by atoms with van der Waals surface area (Å²) in [5.74, 6) is -1.40. The second kappa shape index (κ2) is 11.1. The molecule has 0 fully saturated rings. The van der Waals surface area contributed by atoms with Gasteiger partial charge in [0, 0.05) is 10.6 Å². The Hall–Kier alpha value is -4.50. The molecule has 16 heteroatoms. The van der Waals surface area contributed by atoms with Crippen molar-refractivity contribution < 1.29 is 27.9 Å². The number of aromatic nitrogens is 6. The van der Waals surface area contributed by atoms with Crippen LogP contribution in [0.25, 0.3) is 17.1 Å². The summed E-state index contributed by atoms with van der Waals surface area (Å²) in [7, 11) is 0. The number of carbonyl (C=O) groups is 2. The van der Waals surface area contributed by atoms with Gasteiger partial charge in [-0.25, -0.2) is 19.1 Å². The highest BCUT2D eigenvalue weighted by Gasteiger charge is 2.39. The number of benzene rings is 2. The minimum Gasteiger partial charge on any atom is -0.382 e. The van der Waals surface area contributed by atoms with Crippen LogP contribution in [0, 0.1) is 0 Å². The summed E-state index contributed by atoms with van der Waals surface area (Å²) in [4.78, 5) is 40.7. The van der Waals surface area contributed by atoms with Crippen LogP contribution in [0.3, 0.4) is 0 Å². The SMILES string of the molecule is NC(=O)CNC(=O)c1ccccc1-n1cnc(Cn2nc(-c3ccc(Cl)cc3)n(C[C@H](O)C(F)(F)F)c2=O)n1. The molecule has 0 aliphatic carbocycles. The molecule has 0 bridgehead atoms. The van der Waals surface area contributed by atoms with Gasteiger partial charge in [-0.3, -0.25) is 14.2 Å². The van der Waals surface area contributed by atoms with E-state index in [0.717, 1.165) is 4.68 Å². The molecule has 0 aliphatic rings. The smallest absolute Gasteiger partial charge is 0.382 e. The van der Waals surface area contributed by atoms with Gasteiger partial charge < -0.3 is 16.2 Å². The van der Waals surface area contributed by atoms with Gasteiger partial charge in [0.05, 0.1) is 24.3 Å². The van der Waals surface area contributed by atoms with Crippen molar-refractivity contribution in [1.29, 1.82) is 0 Å². The predicted molar refractivity (Wildman–Crippen MR) is 131 cm³/mol. The van der Waals surface area contributed by atoms with Crippen LogP contribution in [0.5, 0.6) is 0 Å². The Morgan fingerprint density at radius 1 is 1.10 bits per heavy atom. The Labute approximate surface area is 222 Å². The number of nitrogens with zero attached hydrogens (tertiary/aromatic N) is 6. The summed E-state index contributed by atoms with van der Waals surface area (Å²) in [6.07, 6.45) is -6.50. The number of hydrogen-bond donors (Lipinski definition) is 3. The van der Waals surface area contributed by atoms with Crippen molar-refractivity contribution in [2.45, 2.75) is 25.4 Å². The fraction of sp³-hybridized carbons (Fsp3) is 0.217. The Kier molecular flexibility index (Phi) is 7.83. The highest BCUT2D eigenvalue weighted by atomic mass is 35.5. The Morgan fingerprint density at radius 3 is 2.46 bits per heavy atom. The van der Waals surface area contributed by atoms with Crippen LogP contribution in [0.4, 0.5) is 13.2 Å². The minimum absolute atomic E-state index is 0.0492. The second-order valence-electron chi connectivity index (χ2n) is 8.21. The first kappa shape index (κ1) is 27.5. The molecule has 1 atom stereocenters. The molecule has 0 spiro atoms. The van der Waals surface area contributed by atoms with Crippen molar-refractivity contribution >= 4 is 23.4 Å². The summed E-state index contributed by atoms with van der Waals surface area (Å²) in [5, 5.41) is 20.8. The quantitative estimate of drug-likeness (QED) is 0.274. The third-order valence-corrected chi connectivity index (χ3v) is 5.66. The monoisotopic (exact) mass is 564 g/mol. The summed E-state index contributed by atoms with van der Waals surface area (Å²) >= 11 is 5.89. The van der Waals surface area contributed by atoms with E-state index in [-0.39, 0.29) is 30.3 Å². The molecule has 2 heterocycles. The molecule has 4 rings (SSSR count). The second-order valence-corrected chi connectivity index (χ2v) is 8.65. The molecular weight excluding hydrogens is 545 g/mol. The maximum absolute atomic E-state index is 13.1. The molecule has 0 unspecified atom stereocenters. The number of amides is 2. The molecule has 0 saturated carbocycles. The van der Waals surface area contributed by atoms with Crippen molar-refractivity contribution in [2.75, 3.05) is 6.54 Å². The van der Waals surface area contributed by atoms with Gasteiger partial charge in [0.1, 0.15) is 12.9 Å². The Balaban J connectivity index is 1.66. The Bertz CT molecular complexity index is 1560. The van der Waals surface area contributed by atoms with E-state index >= 15 is 0 Å². The summed E-state index contributed by atoms with van der Waals surface area (Å²) in [6, 6.07) is 12.2. The average molecular weight is 565 g/mol. The first-order chi connectivity index (χ1) is 18.4. The number of nitrogens with one attached hydrogen (secondary N) is 1. The van der Waals surface area contributed by atoms with Crippen molar-refractivity contribution in [3.8, 4) is 17.1 Å². The molecule has 0 aliphatic heterocycles. The number of halogens is 4. The van der Waals surface area contributed by atoms with Gasteiger partial charge in [0.2, 0.25) is 5.91 Å². The fourth-order valence-electron chi connectivity index (χ4n) is 3.55. The van der Waals surface area contributed by atoms with Gasteiger partial charge in [-0.05, 0) is 36.4 Å². The van der Waals surface area contributed by atoms with Crippen molar-refractivity contribution in [3.63, 3.8) is 0 Å². The van der Waals surface area contributed by atoms with Gasteiger partial charge >= 0.3 is 11.9 Å². The van der Waals surface area contributed by atoms with Crippen LogP contribution in [0.2, 0.25) is 5.02 Å². The minimum atomic E-state index is -4.96. The maximum atomic E-state index is 13.1. The van der Waals surface area contributed by atoms with Crippen LogP contribution in [-0.4, -0.2) is 64.9 Å². The maximum Gasteiger partial charge on any atom is 0.416 e. The first-order valence-corrected chi connectivity index (χ1v) is 11.6. The van der Waals surface area contributed by atoms with Gasteiger partial charge in [-0.1, -0.05) is 23.7 Å². The van der Waals surface area contributed by atoms with Crippen molar-refractivity contribution in [1.82, 2.24) is 34.4 Å². The zero-order valence-corrected chi connectivity index (χ0v) is 20.6. The van der Waals surface area contributed by atoms with Crippen LogP contribution >= 0.6 is 11.6 Å². The van der Waals surface area contributed by atoms with E-state index in [0.29, 0.717) is 20.8 Å².